The van der Waals surface area contributed by atoms with Crippen LogP contribution in [0, 0.1) is 5.82 Å². The number of halogens is 3. The molecule has 1 aromatic heterocycles. The van der Waals surface area contributed by atoms with E-state index in [1.807, 2.05) is 0 Å². The summed E-state index contributed by atoms with van der Waals surface area (Å²) in [4.78, 5) is 28.9. The number of hydrogen-bond donors (Lipinski definition) is 2. The number of nitrogens with one attached hydrogen (secondary N) is 1. The Morgan fingerprint density at radius 1 is 1.05 bits per heavy atom. The Hall–Kier alpha value is -3.76. The topological polar surface area (TPSA) is 99.9 Å². The quantitative estimate of drug-likeness (QED) is 0.444. The molecule has 2 aliphatic heterocycles. The molecule has 1 amide bonds. The third-order valence-corrected chi connectivity index (χ3v) is 7.13. The lowest BCUT2D eigenvalue weighted by molar-refractivity contribution is -0.128. The van der Waals surface area contributed by atoms with Crippen LogP contribution >= 0.6 is 23.2 Å². The smallest absolute Gasteiger partial charge is 0.449 e. The van der Waals surface area contributed by atoms with Crippen LogP contribution in [0.2, 0.25) is 10.0 Å². The summed E-state index contributed by atoms with van der Waals surface area (Å²) in [5, 5.41) is 17.2. The first-order valence-corrected chi connectivity index (χ1v) is 12.2. The van der Waals surface area contributed by atoms with E-state index in [9.17, 15) is 14.0 Å². The zero-order chi connectivity index (χ0) is 26.3. The number of fused-ring (bicyclic) bond motifs is 1. The molecular weight excluding hydrogens is 524 g/mol. The second-order valence-corrected chi connectivity index (χ2v) is 9.49. The van der Waals surface area contributed by atoms with Crippen molar-refractivity contribution in [3.05, 3.63) is 81.2 Å². The highest BCUT2D eigenvalue weighted by atomic mass is 35.5. The summed E-state index contributed by atoms with van der Waals surface area (Å²) >= 11 is 12.4. The van der Waals surface area contributed by atoms with Crippen LogP contribution in [0.1, 0.15) is 18.5 Å². The second-order valence-electron chi connectivity index (χ2n) is 8.68. The molecule has 0 aliphatic carbocycles. The maximum Gasteiger partial charge on any atom is 0.512 e. The van der Waals surface area contributed by atoms with Crippen molar-refractivity contribution in [3.8, 4) is 5.88 Å². The predicted octanol–water partition coefficient (Wildman–Crippen LogP) is 5.02. The van der Waals surface area contributed by atoms with Gasteiger partial charge in [0.25, 0.3) is 5.91 Å². The van der Waals surface area contributed by atoms with Gasteiger partial charge < -0.3 is 25.0 Å². The second kappa shape index (κ2) is 9.95. The SMILES string of the molecule is CC1=C(C(=O)N2CCN(c3ccc(F)cc3)CC2)C(c2ccc(Cl)c(Cl)c2)n2nc(OC(=O)O)cc2N1. The molecule has 1 atom stereocenters. The van der Waals surface area contributed by atoms with E-state index < -0.39 is 12.2 Å². The molecule has 37 heavy (non-hydrogen) atoms. The van der Waals surface area contributed by atoms with Crippen molar-refractivity contribution in [2.24, 2.45) is 0 Å². The number of hydrogen-bond acceptors (Lipinski definition) is 6. The van der Waals surface area contributed by atoms with Gasteiger partial charge in [-0.3, -0.25) is 4.79 Å². The minimum Gasteiger partial charge on any atom is -0.449 e. The lowest BCUT2D eigenvalue weighted by Gasteiger charge is -2.38. The molecule has 5 rings (SSSR count). The van der Waals surface area contributed by atoms with Crippen LogP contribution in [0.25, 0.3) is 0 Å². The van der Waals surface area contributed by atoms with Crippen LogP contribution in [0.15, 0.2) is 59.8 Å². The molecule has 3 heterocycles. The summed E-state index contributed by atoms with van der Waals surface area (Å²) in [5.74, 6) is -0.160. The lowest BCUT2D eigenvalue weighted by Crippen LogP contribution is -2.50. The van der Waals surface area contributed by atoms with E-state index in [-0.39, 0.29) is 17.6 Å². The van der Waals surface area contributed by atoms with Crippen LogP contribution in [0.5, 0.6) is 5.88 Å². The fourth-order valence-corrected chi connectivity index (χ4v) is 4.95. The molecule has 2 N–H and O–H groups in total. The van der Waals surface area contributed by atoms with Crippen LogP contribution in [0.4, 0.5) is 20.7 Å². The van der Waals surface area contributed by atoms with Gasteiger partial charge in [0.05, 0.1) is 15.6 Å². The molecular formula is C25H22Cl2FN5O4. The molecule has 12 heteroatoms. The maximum atomic E-state index is 13.9. The van der Waals surface area contributed by atoms with Crippen molar-refractivity contribution in [1.82, 2.24) is 14.7 Å². The number of anilines is 2. The molecule has 0 saturated carbocycles. The van der Waals surface area contributed by atoms with Crippen LogP contribution in [0.3, 0.4) is 0 Å². The number of carbonyl (C=O) groups is 2. The Balaban J connectivity index is 1.46. The molecule has 0 bridgehead atoms. The number of ether oxygens (including phenoxy) is 1. The third-order valence-electron chi connectivity index (χ3n) is 6.39. The average Bonchev–Trinajstić information content (AvgIpc) is 3.26. The molecule has 1 saturated heterocycles. The highest BCUT2D eigenvalue weighted by molar-refractivity contribution is 6.42. The van der Waals surface area contributed by atoms with Gasteiger partial charge in [0.1, 0.15) is 17.7 Å². The molecule has 192 valence electrons. The number of nitrogens with zero attached hydrogens (tertiary/aromatic N) is 4. The van der Waals surface area contributed by atoms with Crippen LogP contribution in [-0.4, -0.2) is 58.0 Å². The molecule has 1 fully saturated rings. The Morgan fingerprint density at radius 3 is 2.41 bits per heavy atom. The van der Waals surface area contributed by atoms with Crippen molar-refractivity contribution in [2.45, 2.75) is 13.0 Å². The first-order valence-electron chi connectivity index (χ1n) is 11.4. The van der Waals surface area contributed by atoms with Crippen molar-refractivity contribution in [2.75, 3.05) is 36.4 Å². The Labute approximate surface area is 221 Å². The summed E-state index contributed by atoms with van der Waals surface area (Å²) in [6.45, 7) is 3.86. The largest absolute Gasteiger partial charge is 0.512 e. The normalized spacial score (nSPS) is 17.4. The summed E-state index contributed by atoms with van der Waals surface area (Å²) in [7, 11) is 0. The van der Waals surface area contributed by atoms with Gasteiger partial charge in [-0.05, 0) is 48.9 Å². The third kappa shape index (κ3) is 4.94. The molecule has 0 spiro atoms. The monoisotopic (exact) mass is 545 g/mol. The number of piperazine rings is 1. The van der Waals surface area contributed by atoms with Gasteiger partial charge in [0, 0.05) is 43.6 Å². The minimum absolute atomic E-state index is 0.130. The first kappa shape index (κ1) is 24.9. The van der Waals surface area contributed by atoms with Gasteiger partial charge >= 0.3 is 6.16 Å². The summed E-state index contributed by atoms with van der Waals surface area (Å²) in [6.07, 6.45) is -1.50. The fraction of sp³-hybridized carbons (Fsp3) is 0.240. The first-order chi connectivity index (χ1) is 17.7. The van der Waals surface area contributed by atoms with E-state index >= 15 is 0 Å². The molecule has 1 unspecified atom stereocenters. The van der Waals surface area contributed by atoms with E-state index in [2.05, 4.69) is 15.3 Å². The summed E-state index contributed by atoms with van der Waals surface area (Å²) < 4.78 is 19.6. The molecule has 9 nitrogen and oxygen atoms in total. The Morgan fingerprint density at radius 2 is 1.76 bits per heavy atom. The van der Waals surface area contributed by atoms with Crippen molar-refractivity contribution in [3.63, 3.8) is 0 Å². The van der Waals surface area contributed by atoms with Crippen molar-refractivity contribution >= 4 is 46.8 Å². The van der Waals surface area contributed by atoms with E-state index in [0.29, 0.717) is 58.9 Å². The van der Waals surface area contributed by atoms with Crippen molar-refractivity contribution in [1.29, 1.82) is 0 Å². The van der Waals surface area contributed by atoms with E-state index in [1.165, 1.54) is 22.9 Å². The number of carboxylic acid groups (broad SMARTS) is 1. The zero-order valence-corrected chi connectivity index (χ0v) is 21.1. The van der Waals surface area contributed by atoms with Crippen LogP contribution < -0.4 is 15.0 Å². The van der Waals surface area contributed by atoms with Gasteiger partial charge in [-0.2, -0.15) is 0 Å². The highest BCUT2D eigenvalue weighted by Crippen LogP contribution is 2.40. The standard InChI is InChI=1S/C25H22Cl2FN5O4/c1-14-22(24(34)32-10-8-31(9-11-32)17-5-3-16(28)4-6-17)23(15-2-7-18(26)19(27)12-15)33-20(29-14)13-21(30-33)37-25(35)36/h2-7,12-13,23,29H,8-11H2,1H3,(H,35,36). The molecule has 3 aromatic rings. The zero-order valence-electron chi connectivity index (χ0n) is 19.6. The number of aromatic nitrogens is 2. The summed E-state index contributed by atoms with van der Waals surface area (Å²) in [6, 6.07) is 12.1. The minimum atomic E-state index is -1.50. The van der Waals surface area contributed by atoms with Gasteiger partial charge in [-0.25, -0.2) is 13.9 Å². The lowest BCUT2D eigenvalue weighted by atomic mass is 9.94. The fourth-order valence-electron chi connectivity index (χ4n) is 4.65. The predicted molar refractivity (Wildman–Crippen MR) is 137 cm³/mol. The van der Waals surface area contributed by atoms with Crippen LogP contribution in [-0.2, 0) is 4.79 Å². The molecule has 2 aliphatic rings. The number of rotatable bonds is 4. The van der Waals surface area contributed by atoms with Gasteiger partial charge in [0.15, 0.2) is 0 Å². The summed E-state index contributed by atoms with van der Waals surface area (Å²) in [5.41, 5.74) is 2.57. The number of amides is 1. The van der Waals surface area contributed by atoms with Gasteiger partial charge in [-0.1, -0.05) is 29.3 Å². The van der Waals surface area contributed by atoms with E-state index in [1.54, 1.807) is 42.2 Å². The van der Waals surface area contributed by atoms with Gasteiger partial charge in [-0.15, -0.1) is 5.10 Å². The Kier molecular flexibility index (Phi) is 6.70. The average molecular weight is 546 g/mol. The molecule has 0 radical (unpaired) electrons. The van der Waals surface area contributed by atoms with E-state index in [0.717, 1.165) is 5.69 Å². The molecule has 2 aromatic carbocycles. The van der Waals surface area contributed by atoms with Gasteiger partial charge in [0.2, 0.25) is 5.88 Å². The van der Waals surface area contributed by atoms with Crippen molar-refractivity contribution < 1.29 is 23.8 Å². The Bertz CT molecular complexity index is 1400. The maximum absolute atomic E-state index is 13.9. The van der Waals surface area contributed by atoms with E-state index in [4.69, 9.17) is 33.0 Å². The number of benzene rings is 2. The number of carbonyl (C=O) groups excluding carboxylic acids is 1. The highest BCUT2D eigenvalue weighted by Gasteiger charge is 2.37. The number of allylic oxidation sites excluding steroid dienone is 1.